The molecule has 2 unspecified atom stereocenters. The average Bonchev–Trinajstić information content (AvgIpc) is 2.50. The summed E-state index contributed by atoms with van der Waals surface area (Å²) in [6.45, 7) is 1.71. The summed E-state index contributed by atoms with van der Waals surface area (Å²) in [5, 5.41) is 25.5. The van der Waals surface area contributed by atoms with Crippen LogP contribution in [0.5, 0.6) is 0 Å². The van der Waals surface area contributed by atoms with E-state index in [1.54, 1.807) is 6.92 Å². The Labute approximate surface area is 123 Å². The van der Waals surface area contributed by atoms with Crippen LogP contribution in [-0.2, 0) is 12.0 Å². The molecule has 0 aliphatic heterocycles. The molecule has 106 valence electrons. The molecule has 3 aromatic carbocycles. The van der Waals surface area contributed by atoms with Crippen molar-refractivity contribution in [3.63, 3.8) is 0 Å². The summed E-state index contributed by atoms with van der Waals surface area (Å²) in [4.78, 5) is 0. The summed E-state index contributed by atoms with van der Waals surface area (Å²) in [6, 6.07) is 16.8. The lowest BCUT2D eigenvalue weighted by molar-refractivity contribution is -0.0764. The lowest BCUT2D eigenvalue weighted by Crippen LogP contribution is -2.40. The van der Waals surface area contributed by atoms with E-state index in [1.165, 1.54) is 16.2 Å². The van der Waals surface area contributed by atoms with Crippen molar-refractivity contribution in [2.75, 3.05) is 0 Å². The van der Waals surface area contributed by atoms with Gasteiger partial charge in [0.05, 0.1) is 6.10 Å². The van der Waals surface area contributed by atoms with E-state index in [1.807, 2.05) is 12.1 Å². The zero-order valence-corrected chi connectivity index (χ0v) is 12.0. The van der Waals surface area contributed by atoms with Crippen LogP contribution in [0.1, 0.15) is 24.5 Å². The Bertz CT molecular complexity index is 849. The maximum absolute atomic E-state index is 10.6. The first-order valence-corrected chi connectivity index (χ1v) is 7.43. The molecule has 21 heavy (non-hydrogen) atoms. The molecule has 2 N–H and O–H groups in total. The van der Waals surface area contributed by atoms with E-state index in [0.717, 1.165) is 22.9 Å². The van der Waals surface area contributed by atoms with Gasteiger partial charge >= 0.3 is 0 Å². The number of aliphatic hydroxyl groups excluding tert-OH is 1. The van der Waals surface area contributed by atoms with Gasteiger partial charge in [-0.05, 0) is 58.5 Å². The predicted octanol–water partition coefficient (Wildman–Crippen LogP) is 3.51. The Morgan fingerprint density at radius 1 is 1.00 bits per heavy atom. The lowest BCUT2D eigenvalue weighted by Gasteiger charge is -2.36. The fourth-order valence-electron chi connectivity index (χ4n) is 3.53. The normalized spacial score (nSPS) is 25.2. The van der Waals surface area contributed by atoms with Crippen molar-refractivity contribution in [3.8, 4) is 0 Å². The van der Waals surface area contributed by atoms with Crippen LogP contribution >= 0.6 is 0 Å². The van der Waals surface area contributed by atoms with Crippen LogP contribution in [0.4, 0.5) is 0 Å². The van der Waals surface area contributed by atoms with Gasteiger partial charge in [-0.2, -0.15) is 0 Å². The van der Waals surface area contributed by atoms with Crippen molar-refractivity contribution in [1.82, 2.24) is 0 Å². The Morgan fingerprint density at radius 3 is 2.62 bits per heavy atom. The van der Waals surface area contributed by atoms with Crippen LogP contribution in [0.2, 0.25) is 0 Å². The third-order valence-electron chi connectivity index (χ3n) is 4.85. The number of aryl methyl sites for hydroxylation is 1. The summed E-state index contributed by atoms with van der Waals surface area (Å²) in [5.41, 5.74) is 0.853. The van der Waals surface area contributed by atoms with Gasteiger partial charge in [-0.15, -0.1) is 0 Å². The van der Waals surface area contributed by atoms with Crippen molar-refractivity contribution >= 4 is 21.5 Å². The van der Waals surface area contributed by atoms with Crippen molar-refractivity contribution < 1.29 is 10.2 Å². The smallest absolute Gasteiger partial charge is 0.113 e. The standard InChI is InChI=1S/C19H18O2/c1-19(21)17-11-13-7-6-12-4-2-3-5-15(12)16(13)10-14(17)8-9-18(19)20/h2-7,10-11,18,20-21H,8-9H2,1H3. The van der Waals surface area contributed by atoms with Gasteiger partial charge in [0.2, 0.25) is 0 Å². The van der Waals surface area contributed by atoms with Crippen LogP contribution in [-0.4, -0.2) is 16.3 Å². The zero-order chi connectivity index (χ0) is 14.6. The molecule has 1 aliphatic carbocycles. The monoisotopic (exact) mass is 278 g/mol. The molecule has 0 heterocycles. The molecule has 3 aromatic rings. The number of benzene rings is 3. The zero-order valence-electron chi connectivity index (χ0n) is 12.0. The number of aliphatic hydroxyl groups is 2. The van der Waals surface area contributed by atoms with Gasteiger partial charge in [0.25, 0.3) is 0 Å². The topological polar surface area (TPSA) is 40.5 Å². The van der Waals surface area contributed by atoms with Crippen molar-refractivity contribution in [1.29, 1.82) is 0 Å². The summed E-state index contributed by atoms with van der Waals surface area (Å²) >= 11 is 0. The van der Waals surface area contributed by atoms with Crippen molar-refractivity contribution in [3.05, 3.63) is 59.7 Å². The Balaban J connectivity index is 2.07. The molecule has 0 saturated heterocycles. The highest BCUT2D eigenvalue weighted by Gasteiger charge is 2.37. The Kier molecular flexibility index (Phi) is 2.62. The van der Waals surface area contributed by atoms with Crippen LogP contribution in [0, 0.1) is 0 Å². The van der Waals surface area contributed by atoms with Gasteiger partial charge in [0.1, 0.15) is 5.60 Å². The fraction of sp³-hybridized carbons (Fsp3) is 0.263. The highest BCUT2D eigenvalue weighted by Crippen LogP contribution is 2.38. The second kappa shape index (κ2) is 4.30. The van der Waals surface area contributed by atoms with Crippen LogP contribution in [0.25, 0.3) is 21.5 Å². The minimum Gasteiger partial charge on any atom is -0.390 e. The third kappa shape index (κ3) is 1.80. The van der Waals surface area contributed by atoms with Crippen LogP contribution in [0.3, 0.4) is 0 Å². The van der Waals surface area contributed by atoms with Crippen molar-refractivity contribution in [2.24, 2.45) is 0 Å². The quantitative estimate of drug-likeness (QED) is 0.618. The first-order valence-electron chi connectivity index (χ1n) is 7.43. The van der Waals surface area contributed by atoms with E-state index in [4.69, 9.17) is 0 Å². The Morgan fingerprint density at radius 2 is 1.76 bits per heavy atom. The van der Waals surface area contributed by atoms with Gasteiger partial charge in [0.15, 0.2) is 0 Å². The van der Waals surface area contributed by atoms with E-state index >= 15 is 0 Å². The lowest BCUT2D eigenvalue weighted by atomic mass is 9.77. The molecular weight excluding hydrogens is 260 g/mol. The molecule has 0 saturated carbocycles. The molecule has 0 aromatic heterocycles. The molecule has 0 radical (unpaired) electrons. The van der Waals surface area contributed by atoms with E-state index < -0.39 is 11.7 Å². The van der Waals surface area contributed by atoms with E-state index in [9.17, 15) is 10.2 Å². The molecule has 0 bridgehead atoms. The highest BCUT2D eigenvalue weighted by molar-refractivity contribution is 6.07. The number of fused-ring (bicyclic) bond motifs is 4. The molecule has 4 rings (SSSR count). The molecule has 0 spiro atoms. The summed E-state index contributed by atoms with van der Waals surface area (Å²) in [5.74, 6) is 0. The fourth-order valence-corrected chi connectivity index (χ4v) is 3.53. The highest BCUT2D eigenvalue weighted by atomic mass is 16.3. The Hall–Kier alpha value is -1.90. The molecular formula is C19H18O2. The molecule has 0 amide bonds. The van der Waals surface area contributed by atoms with Gasteiger partial charge < -0.3 is 10.2 Å². The predicted molar refractivity (Wildman–Crippen MR) is 85.4 cm³/mol. The first-order chi connectivity index (χ1) is 10.1. The SMILES string of the molecule is CC1(O)c2cc3ccc4ccccc4c3cc2CCC1O. The van der Waals surface area contributed by atoms with Gasteiger partial charge in [-0.1, -0.05) is 42.5 Å². The molecule has 2 atom stereocenters. The van der Waals surface area contributed by atoms with Crippen LogP contribution < -0.4 is 0 Å². The maximum Gasteiger partial charge on any atom is 0.113 e. The van der Waals surface area contributed by atoms with E-state index in [2.05, 4.69) is 36.4 Å². The largest absolute Gasteiger partial charge is 0.390 e. The molecule has 2 nitrogen and oxygen atoms in total. The number of hydrogen-bond donors (Lipinski definition) is 2. The van der Waals surface area contributed by atoms with Crippen LogP contribution in [0.15, 0.2) is 48.5 Å². The number of hydrogen-bond acceptors (Lipinski definition) is 2. The minimum atomic E-state index is -1.16. The molecule has 1 aliphatic rings. The first kappa shape index (κ1) is 12.8. The molecule has 2 heteroatoms. The van der Waals surface area contributed by atoms with Gasteiger partial charge in [-0.25, -0.2) is 0 Å². The van der Waals surface area contributed by atoms with E-state index in [0.29, 0.717) is 6.42 Å². The second-order valence-electron chi connectivity index (χ2n) is 6.22. The summed E-state index contributed by atoms with van der Waals surface area (Å²) in [7, 11) is 0. The number of rotatable bonds is 0. The van der Waals surface area contributed by atoms with Gasteiger partial charge in [-0.3, -0.25) is 0 Å². The third-order valence-corrected chi connectivity index (χ3v) is 4.85. The van der Waals surface area contributed by atoms with Crippen molar-refractivity contribution in [2.45, 2.75) is 31.5 Å². The maximum atomic E-state index is 10.6. The van der Waals surface area contributed by atoms with E-state index in [-0.39, 0.29) is 0 Å². The second-order valence-corrected chi connectivity index (χ2v) is 6.22. The summed E-state index contributed by atoms with van der Waals surface area (Å²) < 4.78 is 0. The van der Waals surface area contributed by atoms with Gasteiger partial charge in [0, 0.05) is 0 Å². The summed E-state index contributed by atoms with van der Waals surface area (Å²) in [6.07, 6.45) is 0.727. The minimum absolute atomic E-state index is 0.607. The average molecular weight is 278 g/mol. The molecule has 0 fully saturated rings.